The minimum Gasteiger partial charge on any atom is -0.467 e. The summed E-state index contributed by atoms with van der Waals surface area (Å²) in [6.45, 7) is 6.39. The number of piperazine rings is 1. The maximum absolute atomic E-state index is 5.62. The van der Waals surface area contributed by atoms with E-state index in [1.165, 1.54) is 39.9 Å². The van der Waals surface area contributed by atoms with Gasteiger partial charge in [-0.15, -0.1) is 11.3 Å². The highest BCUT2D eigenvalue weighted by Gasteiger charge is 2.26. The Morgan fingerprint density at radius 2 is 2.03 bits per heavy atom. The van der Waals surface area contributed by atoms with Gasteiger partial charge in [0, 0.05) is 37.5 Å². The summed E-state index contributed by atoms with van der Waals surface area (Å²) in [6.07, 6.45) is 7.49. The number of anilines is 1. The van der Waals surface area contributed by atoms with Crippen LogP contribution in [0.15, 0.2) is 22.8 Å². The van der Waals surface area contributed by atoms with E-state index in [1.807, 2.05) is 23.5 Å². The van der Waals surface area contributed by atoms with Gasteiger partial charge in [-0.25, -0.2) is 9.97 Å². The van der Waals surface area contributed by atoms with Gasteiger partial charge < -0.3 is 19.5 Å². The zero-order valence-corrected chi connectivity index (χ0v) is 18.9. The molecule has 5 rings (SSSR count). The number of thiocarbonyl (C=S) groups is 1. The first kappa shape index (κ1) is 19.8. The summed E-state index contributed by atoms with van der Waals surface area (Å²) < 4.78 is 5.38. The van der Waals surface area contributed by atoms with E-state index in [1.54, 1.807) is 6.26 Å². The van der Waals surface area contributed by atoms with Gasteiger partial charge in [0.15, 0.2) is 5.11 Å². The maximum atomic E-state index is 5.62. The van der Waals surface area contributed by atoms with Crippen LogP contribution in [0.3, 0.4) is 0 Å². The number of hydrogen-bond acceptors (Lipinski definition) is 6. The summed E-state index contributed by atoms with van der Waals surface area (Å²) in [6, 6.07) is 3.86. The third-order valence-electron chi connectivity index (χ3n) is 6.02. The van der Waals surface area contributed by atoms with Crippen LogP contribution in [-0.4, -0.2) is 46.2 Å². The predicted molar refractivity (Wildman–Crippen MR) is 125 cm³/mol. The second kappa shape index (κ2) is 8.51. The van der Waals surface area contributed by atoms with Gasteiger partial charge in [-0.1, -0.05) is 6.92 Å². The zero-order valence-electron chi connectivity index (χ0n) is 17.3. The van der Waals surface area contributed by atoms with Crippen molar-refractivity contribution in [2.45, 2.75) is 45.6 Å². The van der Waals surface area contributed by atoms with Crippen LogP contribution in [0.2, 0.25) is 0 Å². The number of rotatable bonds is 4. The lowest BCUT2D eigenvalue weighted by atomic mass is 9.97. The Kier molecular flexibility index (Phi) is 5.60. The highest BCUT2D eigenvalue weighted by molar-refractivity contribution is 7.80. The molecule has 1 saturated heterocycles. The number of aryl methyl sites for hydroxylation is 3. The van der Waals surface area contributed by atoms with Crippen LogP contribution in [0, 0.1) is 0 Å². The predicted octanol–water partition coefficient (Wildman–Crippen LogP) is 3.92. The van der Waals surface area contributed by atoms with Crippen molar-refractivity contribution in [2.75, 3.05) is 31.1 Å². The number of hydrogen-bond donors (Lipinski definition) is 1. The quantitative estimate of drug-likeness (QED) is 0.616. The summed E-state index contributed by atoms with van der Waals surface area (Å²) in [5.41, 5.74) is 1.51. The first-order valence-corrected chi connectivity index (χ1v) is 12.1. The van der Waals surface area contributed by atoms with Crippen molar-refractivity contribution in [3.8, 4) is 0 Å². The van der Waals surface area contributed by atoms with E-state index in [4.69, 9.17) is 26.6 Å². The van der Waals surface area contributed by atoms with Crippen LogP contribution in [0.1, 0.15) is 41.8 Å². The van der Waals surface area contributed by atoms with Gasteiger partial charge in [-0.2, -0.15) is 0 Å². The molecule has 158 valence electrons. The lowest BCUT2D eigenvalue weighted by molar-refractivity contribution is 0.376. The first-order valence-electron chi connectivity index (χ1n) is 10.8. The van der Waals surface area contributed by atoms with Crippen molar-refractivity contribution in [3.63, 3.8) is 0 Å². The lowest BCUT2D eigenvalue weighted by Gasteiger charge is -2.37. The number of nitrogens with one attached hydrogen (secondary N) is 1. The molecule has 0 radical (unpaired) electrons. The summed E-state index contributed by atoms with van der Waals surface area (Å²) in [5.74, 6) is 2.99. The summed E-state index contributed by atoms with van der Waals surface area (Å²) in [5, 5.41) is 5.43. The molecule has 2 aliphatic rings. The minimum absolute atomic E-state index is 0.624. The van der Waals surface area contributed by atoms with Crippen LogP contribution >= 0.6 is 23.6 Å². The highest BCUT2D eigenvalue weighted by Crippen LogP contribution is 2.40. The van der Waals surface area contributed by atoms with Crippen LogP contribution in [-0.2, 0) is 25.8 Å². The molecule has 0 atom stereocenters. The molecule has 3 aromatic heterocycles. The highest BCUT2D eigenvalue weighted by atomic mass is 32.1. The van der Waals surface area contributed by atoms with Gasteiger partial charge in [0.1, 0.15) is 22.2 Å². The van der Waals surface area contributed by atoms with Crippen LogP contribution in [0.4, 0.5) is 5.82 Å². The SMILES string of the molecule is CCc1nc(N2CCN(C(=S)NCc3ccco3)CC2)c2c3c(sc2n1)CCCC3. The number of furan rings is 1. The van der Waals surface area contributed by atoms with Crippen molar-refractivity contribution in [1.82, 2.24) is 20.2 Å². The van der Waals surface area contributed by atoms with E-state index in [9.17, 15) is 0 Å². The van der Waals surface area contributed by atoms with Crippen molar-refractivity contribution in [1.29, 1.82) is 0 Å². The number of fused-ring (bicyclic) bond motifs is 3. The molecule has 30 heavy (non-hydrogen) atoms. The molecule has 0 amide bonds. The number of aromatic nitrogens is 2. The van der Waals surface area contributed by atoms with E-state index in [0.717, 1.165) is 61.5 Å². The lowest BCUT2D eigenvalue weighted by Crippen LogP contribution is -2.51. The van der Waals surface area contributed by atoms with Crippen molar-refractivity contribution in [3.05, 3.63) is 40.4 Å². The minimum atomic E-state index is 0.624. The van der Waals surface area contributed by atoms with Crippen LogP contribution in [0.5, 0.6) is 0 Å². The molecule has 0 spiro atoms. The first-order chi connectivity index (χ1) is 14.7. The Hall–Kier alpha value is -2.19. The standard InChI is InChI=1S/C22H27N5OS2/c1-2-18-24-20(19-16-7-3-4-8-17(16)30-21(19)25-18)26-9-11-27(12-10-26)22(29)23-14-15-6-5-13-28-15/h5-6,13H,2-4,7-12,14H2,1H3,(H,23,29). The van der Waals surface area contributed by atoms with Gasteiger partial charge in [0.25, 0.3) is 0 Å². The molecule has 8 heteroatoms. The smallest absolute Gasteiger partial charge is 0.169 e. The Morgan fingerprint density at radius 1 is 1.20 bits per heavy atom. The van der Waals surface area contributed by atoms with Crippen molar-refractivity contribution < 1.29 is 4.42 Å². The van der Waals surface area contributed by atoms with Gasteiger partial charge in [-0.3, -0.25) is 0 Å². The van der Waals surface area contributed by atoms with E-state index in [2.05, 4.69) is 22.0 Å². The molecule has 1 fully saturated rings. The molecule has 1 aliphatic heterocycles. The fraction of sp³-hybridized carbons (Fsp3) is 0.500. The van der Waals surface area contributed by atoms with Gasteiger partial charge in [0.2, 0.25) is 0 Å². The molecule has 0 bridgehead atoms. The van der Waals surface area contributed by atoms with E-state index < -0.39 is 0 Å². The van der Waals surface area contributed by atoms with Gasteiger partial charge in [0.05, 0.1) is 18.2 Å². The molecule has 3 aromatic rings. The molecule has 6 nitrogen and oxygen atoms in total. The number of thiophene rings is 1. The Bertz CT molecular complexity index is 1040. The van der Waals surface area contributed by atoms with E-state index in [0.29, 0.717) is 6.54 Å². The molecule has 1 N–H and O–H groups in total. The largest absolute Gasteiger partial charge is 0.467 e. The molecule has 1 aliphatic carbocycles. The topological polar surface area (TPSA) is 57.4 Å². The monoisotopic (exact) mass is 441 g/mol. The van der Waals surface area contributed by atoms with E-state index in [-0.39, 0.29) is 0 Å². The zero-order chi connectivity index (χ0) is 20.5. The third kappa shape index (κ3) is 3.78. The van der Waals surface area contributed by atoms with Crippen molar-refractivity contribution in [2.24, 2.45) is 0 Å². The second-order valence-corrected chi connectivity index (χ2v) is 9.39. The summed E-state index contributed by atoms with van der Waals surface area (Å²) in [7, 11) is 0. The van der Waals surface area contributed by atoms with Gasteiger partial charge in [-0.05, 0) is 55.6 Å². The molecule has 0 aromatic carbocycles. The summed E-state index contributed by atoms with van der Waals surface area (Å²) >= 11 is 7.51. The molecule has 4 heterocycles. The third-order valence-corrected chi connectivity index (χ3v) is 7.61. The van der Waals surface area contributed by atoms with Crippen LogP contribution in [0.25, 0.3) is 10.2 Å². The average Bonchev–Trinajstić information content (AvgIpc) is 3.44. The average molecular weight is 442 g/mol. The maximum Gasteiger partial charge on any atom is 0.169 e. The van der Waals surface area contributed by atoms with Gasteiger partial charge >= 0.3 is 0 Å². The van der Waals surface area contributed by atoms with Crippen molar-refractivity contribution >= 4 is 44.7 Å². The fourth-order valence-corrected chi connectivity index (χ4v) is 5.91. The second-order valence-electron chi connectivity index (χ2n) is 7.92. The molecule has 0 unspecified atom stereocenters. The van der Waals surface area contributed by atoms with Crippen LogP contribution < -0.4 is 10.2 Å². The number of nitrogens with zero attached hydrogens (tertiary/aromatic N) is 4. The Balaban J connectivity index is 1.33. The molecular weight excluding hydrogens is 414 g/mol. The normalized spacial score (nSPS) is 16.7. The summed E-state index contributed by atoms with van der Waals surface area (Å²) in [4.78, 5) is 17.3. The Labute approximate surface area is 186 Å². The molecule has 0 saturated carbocycles. The fourth-order valence-electron chi connectivity index (χ4n) is 4.38. The van der Waals surface area contributed by atoms with E-state index >= 15 is 0 Å². The Morgan fingerprint density at radius 3 is 2.80 bits per heavy atom. The molecular formula is C22H27N5OS2.